The fourth-order valence-electron chi connectivity index (χ4n) is 0.884. The van der Waals surface area contributed by atoms with Gasteiger partial charge in [0.25, 0.3) is 0 Å². The Morgan fingerprint density at radius 3 is 2.33 bits per heavy atom. The molecule has 0 aliphatic heterocycles. The highest BCUT2D eigenvalue weighted by Crippen LogP contribution is 2.12. The lowest BCUT2D eigenvalue weighted by atomic mass is 10.3. The summed E-state index contributed by atoms with van der Waals surface area (Å²) in [4.78, 5) is 8.45. The lowest BCUT2D eigenvalue weighted by molar-refractivity contribution is 0.888. The fourth-order valence-corrected chi connectivity index (χ4v) is 2.04. The molecule has 6 nitrogen and oxygen atoms in total. The van der Waals surface area contributed by atoms with Crippen LogP contribution >= 0.6 is 22.7 Å². The molecule has 0 radical (unpaired) electrons. The van der Waals surface area contributed by atoms with Gasteiger partial charge in [-0.2, -0.15) is 10.5 Å². The van der Waals surface area contributed by atoms with Crippen molar-refractivity contribution in [3.63, 3.8) is 0 Å². The number of hydrogen-bond acceptors (Lipinski definition) is 8. The van der Waals surface area contributed by atoms with Crippen molar-refractivity contribution < 1.29 is 0 Å². The van der Waals surface area contributed by atoms with Gasteiger partial charge in [-0.15, -0.1) is 22.7 Å². The summed E-state index contributed by atoms with van der Waals surface area (Å²) < 4.78 is 0. The molecule has 2 unspecified atom stereocenters. The maximum atomic E-state index is 8.31. The average Bonchev–Trinajstić information content (AvgIpc) is 3.09. The van der Waals surface area contributed by atoms with E-state index in [0.29, 0.717) is 5.69 Å². The molecular formula is C10H10N6S2. The van der Waals surface area contributed by atoms with Crippen LogP contribution in [0.3, 0.4) is 0 Å². The van der Waals surface area contributed by atoms with E-state index >= 15 is 0 Å². The summed E-state index contributed by atoms with van der Waals surface area (Å²) in [6.45, 7) is 0. The van der Waals surface area contributed by atoms with E-state index in [2.05, 4.69) is 9.97 Å². The zero-order valence-electron chi connectivity index (χ0n) is 9.22. The molecule has 2 heterocycles. The van der Waals surface area contributed by atoms with Crippen LogP contribution in [0.2, 0.25) is 0 Å². The Kier molecular flexibility index (Phi) is 5.91. The van der Waals surface area contributed by atoms with E-state index < -0.39 is 12.1 Å². The van der Waals surface area contributed by atoms with E-state index in [1.54, 1.807) is 22.6 Å². The number of nitrogens with zero attached hydrogens (tertiary/aromatic N) is 4. The second-order valence-corrected chi connectivity index (χ2v) is 4.67. The Hall–Kier alpha value is -1.84. The van der Waals surface area contributed by atoms with E-state index in [4.69, 9.17) is 22.0 Å². The zero-order valence-corrected chi connectivity index (χ0v) is 10.9. The molecule has 0 bridgehead atoms. The first-order chi connectivity index (χ1) is 8.69. The maximum absolute atomic E-state index is 8.31. The maximum Gasteiger partial charge on any atom is 0.136 e. The molecule has 0 amide bonds. The van der Waals surface area contributed by atoms with Crippen molar-refractivity contribution in [1.29, 1.82) is 10.5 Å². The summed E-state index contributed by atoms with van der Waals surface area (Å²) >= 11 is 2.84. The van der Waals surface area contributed by atoms with E-state index in [-0.39, 0.29) is 0 Å². The highest BCUT2D eigenvalue weighted by molar-refractivity contribution is 7.09. The van der Waals surface area contributed by atoms with Crippen LogP contribution in [0.15, 0.2) is 22.6 Å². The molecule has 0 fully saturated rings. The van der Waals surface area contributed by atoms with Gasteiger partial charge in [0.2, 0.25) is 0 Å². The summed E-state index contributed by atoms with van der Waals surface area (Å²) in [5, 5.41) is 18.4. The molecule has 0 aliphatic carbocycles. The predicted molar refractivity (Wildman–Crippen MR) is 69.3 cm³/mol. The van der Waals surface area contributed by atoms with Gasteiger partial charge >= 0.3 is 0 Å². The minimum atomic E-state index is -0.559. The van der Waals surface area contributed by atoms with Gasteiger partial charge in [0.15, 0.2) is 0 Å². The molecule has 0 aromatic carbocycles. The third kappa shape index (κ3) is 4.20. The summed E-state index contributed by atoms with van der Waals surface area (Å²) in [6.07, 6.45) is 1.61. The van der Waals surface area contributed by atoms with Crippen molar-refractivity contribution in [2.75, 3.05) is 0 Å². The third-order valence-electron chi connectivity index (χ3n) is 1.81. The number of hydrogen-bond donors (Lipinski definition) is 2. The second kappa shape index (κ2) is 7.48. The monoisotopic (exact) mass is 278 g/mol. The molecule has 4 N–H and O–H groups in total. The summed E-state index contributed by atoms with van der Waals surface area (Å²) in [5.74, 6) is 0. The van der Waals surface area contributed by atoms with Crippen LogP contribution in [0.1, 0.15) is 22.7 Å². The Morgan fingerprint density at radius 1 is 1.17 bits per heavy atom. The molecule has 0 saturated carbocycles. The highest BCUT2D eigenvalue weighted by atomic mass is 32.1. The van der Waals surface area contributed by atoms with Gasteiger partial charge in [0.1, 0.15) is 12.1 Å². The quantitative estimate of drug-likeness (QED) is 0.853. The van der Waals surface area contributed by atoms with E-state index in [1.807, 2.05) is 12.1 Å². The molecule has 8 heteroatoms. The molecule has 2 aromatic heterocycles. The second-order valence-electron chi connectivity index (χ2n) is 3.03. The van der Waals surface area contributed by atoms with Crippen molar-refractivity contribution in [2.45, 2.75) is 12.1 Å². The van der Waals surface area contributed by atoms with E-state index in [0.717, 1.165) is 4.88 Å². The normalized spacial score (nSPS) is 12.4. The lowest BCUT2D eigenvalue weighted by Crippen LogP contribution is -2.06. The number of rotatable bonds is 2. The molecule has 2 rings (SSSR count). The first kappa shape index (κ1) is 14.2. The largest absolute Gasteiger partial charge is 0.311 e. The Bertz CT molecular complexity index is 471. The first-order valence-corrected chi connectivity index (χ1v) is 6.58. The molecule has 2 atom stereocenters. The van der Waals surface area contributed by atoms with Gasteiger partial charge < -0.3 is 11.5 Å². The SMILES string of the molecule is N#CC(N)c1cncs1.N#CC(N)c1cscn1. The van der Waals surface area contributed by atoms with Gasteiger partial charge in [0.05, 0.1) is 33.7 Å². The molecule has 92 valence electrons. The van der Waals surface area contributed by atoms with Gasteiger partial charge in [-0.05, 0) is 0 Å². The van der Waals surface area contributed by atoms with Crippen LogP contribution in [0, 0.1) is 22.7 Å². The average molecular weight is 278 g/mol. The van der Waals surface area contributed by atoms with Crippen LogP contribution in [0.25, 0.3) is 0 Å². The van der Waals surface area contributed by atoms with Gasteiger partial charge in [-0.3, -0.25) is 4.98 Å². The molecule has 2 aromatic rings. The number of nitrogens with two attached hydrogens (primary N) is 2. The van der Waals surface area contributed by atoms with Crippen molar-refractivity contribution in [3.8, 4) is 12.1 Å². The topological polar surface area (TPSA) is 125 Å². The highest BCUT2D eigenvalue weighted by Gasteiger charge is 2.04. The van der Waals surface area contributed by atoms with Crippen LogP contribution in [-0.2, 0) is 0 Å². The van der Waals surface area contributed by atoms with Crippen molar-refractivity contribution in [1.82, 2.24) is 9.97 Å². The molecule has 0 spiro atoms. The Balaban J connectivity index is 0.000000180. The summed E-state index contributed by atoms with van der Waals surface area (Å²) in [5.41, 5.74) is 14.6. The van der Waals surface area contributed by atoms with E-state index in [1.165, 1.54) is 22.7 Å². The third-order valence-corrected chi connectivity index (χ3v) is 3.27. The minimum Gasteiger partial charge on any atom is -0.311 e. The van der Waals surface area contributed by atoms with Crippen LogP contribution in [-0.4, -0.2) is 9.97 Å². The number of nitriles is 2. The molecule has 18 heavy (non-hydrogen) atoms. The van der Waals surface area contributed by atoms with Crippen molar-refractivity contribution >= 4 is 22.7 Å². The smallest absolute Gasteiger partial charge is 0.136 e. The number of thiazole rings is 2. The van der Waals surface area contributed by atoms with Crippen LogP contribution in [0.4, 0.5) is 0 Å². The Morgan fingerprint density at radius 2 is 1.89 bits per heavy atom. The zero-order chi connectivity index (χ0) is 13.4. The molecular weight excluding hydrogens is 268 g/mol. The van der Waals surface area contributed by atoms with Crippen molar-refractivity contribution in [3.05, 3.63) is 33.2 Å². The predicted octanol–water partition coefficient (Wildman–Crippen LogP) is 1.33. The molecule has 0 saturated heterocycles. The Labute approximate surface area is 112 Å². The number of aromatic nitrogens is 2. The minimum absolute atomic E-state index is 0.502. The van der Waals surface area contributed by atoms with Crippen molar-refractivity contribution in [2.24, 2.45) is 11.5 Å². The summed E-state index contributed by atoms with van der Waals surface area (Å²) in [7, 11) is 0. The standard InChI is InChI=1S/2C5H5N3S/c6-1-4(7)5-2-9-3-8-5;6-1-4(7)5-2-8-3-9-5/h2*2-4H,7H2. The lowest BCUT2D eigenvalue weighted by Gasteiger charge is -1.92. The van der Waals surface area contributed by atoms with Crippen LogP contribution < -0.4 is 11.5 Å². The summed E-state index contributed by atoms with van der Waals surface area (Å²) in [6, 6.07) is 2.74. The van der Waals surface area contributed by atoms with Gasteiger partial charge in [0, 0.05) is 11.6 Å². The fraction of sp³-hybridized carbons (Fsp3) is 0.200. The molecule has 0 aliphatic rings. The van der Waals surface area contributed by atoms with E-state index in [9.17, 15) is 0 Å². The van der Waals surface area contributed by atoms with Gasteiger partial charge in [-0.1, -0.05) is 0 Å². The first-order valence-electron chi connectivity index (χ1n) is 4.76. The van der Waals surface area contributed by atoms with Gasteiger partial charge in [-0.25, -0.2) is 4.98 Å². The van der Waals surface area contributed by atoms with Crippen LogP contribution in [0.5, 0.6) is 0 Å².